The highest BCUT2D eigenvalue weighted by atomic mass is 16.5. The molecule has 2 atom stereocenters. The summed E-state index contributed by atoms with van der Waals surface area (Å²) in [4.78, 5) is 0. The van der Waals surface area contributed by atoms with Crippen LogP contribution in [0.4, 0.5) is 0 Å². The Kier molecular flexibility index (Phi) is 2.91. The predicted molar refractivity (Wildman–Crippen MR) is 109 cm³/mol. The van der Waals surface area contributed by atoms with E-state index in [0.717, 1.165) is 5.75 Å². The van der Waals surface area contributed by atoms with Gasteiger partial charge in [-0.1, -0.05) is 78.9 Å². The van der Waals surface area contributed by atoms with Crippen LogP contribution in [0, 0.1) is 12.8 Å². The van der Waals surface area contributed by atoms with Crippen LogP contribution in [0.5, 0.6) is 5.75 Å². The minimum absolute atomic E-state index is 0.0449. The van der Waals surface area contributed by atoms with Crippen molar-refractivity contribution in [2.45, 2.75) is 18.4 Å². The van der Waals surface area contributed by atoms with Gasteiger partial charge in [0.1, 0.15) is 11.9 Å². The highest BCUT2D eigenvalue weighted by Crippen LogP contribution is 2.61. The Morgan fingerprint density at radius 3 is 2.15 bits per heavy atom. The van der Waals surface area contributed by atoms with Crippen LogP contribution in [0.25, 0.3) is 11.1 Å². The van der Waals surface area contributed by atoms with Gasteiger partial charge in [-0.15, -0.1) is 0 Å². The van der Waals surface area contributed by atoms with Gasteiger partial charge in [0.25, 0.3) is 0 Å². The third-order valence-corrected chi connectivity index (χ3v) is 6.40. The third-order valence-electron chi connectivity index (χ3n) is 6.40. The quantitative estimate of drug-likeness (QED) is 0.498. The van der Waals surface area contributed by atoms with Gasteiger partial charge in [-0.2, -0.15) is 0 Å². The van der Waals surface area contributed by atoms with Gasteiger partial charge in [0, 0.05) is 11.5 Å². The molecule has 130 valence electrons. The number of rotatable bonds is 0. The molecular weight excluding hydrogens is 328 g/mol. The molecule has 0 amide bonds. The Labute approximate surface area is 159 Å². The predicted octanol–water partition coefficient (Wildman–Crippen LogP) is 5.81. The molecule has 6 rings (SSSR count). The van der Waals surface area contributed by atoms with Crippen molar-refractivity contribution in [3.63, 3.8) is 0 Å². The number of allylic oxidation sites excluding steroid dienone is 2. The minimum Gasteiger partial charge on any atom is -0.485 e. The lowest BCUT2D eigenvalue weighted by atomic mass is 9.60. The fraction of sp³-hybridized carbons (Fsp3) is 0.154. The number of hydrogen-bond donors (Lipinski definition) is 0. The van der Waals surface area contributed by atoms with Gasteiger partial charge in [0.05, 0.1) is 5.41 Å². The molecule has 27 heavy (non-hydrogen) atoms. The van der Waals surface area contributed by atoms with Crippen molar-refractivity contribution in [1.29, 1.82) is 0 Å². The molecule has 0 radical (unpaired) electrons. The number of fused-ring (bicyclic) bond motifs is 9. The van der Waals surface area contributed by atoms with Crippen molar-refractivity contribution in [2.24, 2.45) is 5.92 Å². The molecule has 0 saturated heterocycles. The third kappa shape index (κ3) is 1.79. The Hall–Kier alpha value is -3.06. The molecule has 3 aromatic rings. The van der Waals surface area contributed by atoms with Gasteiger partial charge >= 0.3 is 0 Å². The first-order chi connectivity index (χ1) is 13.3. The van der Waals surface area contributed by atoms with E-state index in [1.165, 1.54) is 33.4 Å². The van der Waals surface area contributed by atoms with Crippen molar-refractivity contribution in [3.05, 3.63) is 113 Å². The molecule has 3 aromatic carbocycles. The normalized spacial score (nSPS) is 22.6. The molecule has 0 N–H and O–H groups in total. The van der Waals surface area contributed by atoms with Gasteiger partial charge in [-0.25, -0.2) is 0 Å². The molecule has 0 saturated carbocycles. The van der Waals surface area contributed by atoms with E-state index in [0.29, 0.717) is 0 Å². The topological polar surface area (TPSA) is 9.23 Å². The maximum Gasteiger partial charge on any atom is 0.125 e. The van der Waals surface area contributed by atoms with Crippen LogP contribution in [0.2, 0.25) is 0 Å². The van der Waals surface area contributed by atoms with Crippen molar-refractivity contribution in [3.8, 4) is 16.9 Å². The summed E-state index contributed by atoms with van der Waals surface area (Å²) < 4.78 is 6.50. The summed E-state index contributed by atoms with van der Waals surface area (Å²) in [6.45, 7) is 2.13. The Morgan fingerprint density at radius 1 is 0.741 bits per heavy atom. The van der Waals surface area contributed by atoms with Crippen molar-refractivity contribution >= 4 is 0 Å². The first kappa shape index (κ1) is 15.0. The van der Waals surface area contributed by atoms with Crippen molar-refractivity contribution in [1.82, 2.24) is 0 Å². The second-order valence-electron chi connectivity index (χ2n) is 7.78. The lowest BCUT2D eigenvalue weighted by molar-refractivity contribution is 0.141. The standard InChI is InChI=1S/C26H20O/c1-17-14-15-23-25(16-17)27-24-13-7-6-12-22(24)26(23)20-10-4-2-8-18(20)19-9-3-5-11-21(19)26/h2-16,22,24H,1H3. The van der Waals surface area contributed by atoms with Gasteiger partial charge in [-0.05, 0) is 46.9 Å². The minimum atomic E-state index is -0.208. The summed E-state index contributed by atoms with van der Waals surface area (Å²) in [5.41, 5.74) is 7.81. The average Bonchev–Trinajstić information content (AvgIpc) is 3.00. The van der Waals surface area contributed by atoms with E-state index in [1.807, 2.05) is 0 Å². The molecule has 1 aliphatic heterocycles. The van der Waals surface area contributed by atoms with Crippen LogP contribution in [0.15, 0.2) is 91.0 Å². The van der Waals surface area contributed by atoms with Crippen LogP contribution < -0.4 is 4.74 Å². The largest absolute Gasteiger partial charge is 0.485 e. The lowest BCUT2D eigenvalue weighted by Crippen LogP contribution is -2.47. The van der Waals surface area contributed by atoms with Crippen molar-refractivity contribution < 1.29 is 4.74 Å². The zero-order valence-corrected chi connectivity index (χ0v) is 15.2. The molecule has 1 nitrogen and oxygen atoms in total. The number of hydrogen-bond acceptors (Lipinski definition) is 1. The van der Waals surface area contributed by atoms with Crippen LogP contribution in [-0.4, -0.2) is 6.10 Å². The Balaban J connectivity index is 1.79. The smallest absolute Gasteiger partial charge is 0.125 e. The highest BCUT2D eigenvalue weighted by Gasteiger charge is 2.55. The van der Waals surface area contributed by atoms with Crippen molar-refractivity contribution in [2.75, 3.05) is 0 Å². The maximum absolute atomic E-state index is 6.50. The molecule has 2 unspecified atom stereocenters. The molecule has 1 heteroatoms. The van der Waals surface area contributed by atoms with Gasteiger partial charge in [0.15, 0.2) is 0 Å². The molecule has 2 aliphatic carbocycles. The van der Waals surface area contributed by atoms with Crippen LogP contribution >= 0.6 is 0 Å². The number of aryl methyl sites for hydroxylation is 1. The highest BCUT2D eigenvalue weighted by molar-refractivity contribution is 5.85. The monoisotopic (exact) mass is 348 g/mol. The molecule has 0 aromatic heterocycles. The zero-order valence-electron chi connectivity index (χ0n) is 15.2. The number of benzene rings is 3. The first-order valence-electron chi connectivity index (χ1n) is 9.62. The van der Waals surface area contributed by atoms with E-state index < -0.39 is 0 Å². The summed E-state index contributed by atoms with van der Waals surface area (Å²) in [6.07, 6.45) is 8.88. The van der Waals surface area contributed by atoms with Gasteiger partial charge in [0.2, 0.25) is 0 Å². The Bertz CT molecular complexity index is 1090. The summed E-state index contributed by atoms with van der Waals surface area (Å²) in [6, 6.07) is 24.5. The van der Waals surface area contributed by atoms with E-state index in [9.17, 15) is 0 Å². The number of ether oxygens (including phenoxy) is 1. The lowest BCUT2D eigenvalue weighted by Gasteiger charge is -2.47. The average molecular weight is 348 g/mol. The van der Waals surface area contributed by atoms with E-state index in [-0.39, 0.29) is 17.4 Å². The van der Waals surface area contributed by atoms with Crippen LogP contribution in [0.3, 0.4) is 0 Å². The molecule has 0 bridgehead atoms. The summed E-state index contributed by atoms with van der Waals surface area (Å²) in [5, 5.41) is 0. The molecule has 1 spiro atoms. The summed E-state index contributed by atoms with van der Waals surface area (Å²) in [5.74, 6) is 1.25. The van der Waals surface area contributed by atoms with E-state index >= 15 is 0 Å². The molecular formula is C26H20O. The fourth-order valence-electron chi connectivity index (χ4n) is 5.39. The van der Waals surface area contributed by atoms with Gasteiger partial charge in [-0.3, -0.25) is 0 Å². The molecule has 0 fully saturated rings. The summed E-state index contributed by atoms with van der Waals surface area (Å²) in [7, 11) is 0. The Morgan fingerprint density at radius 2 is 1.41 bits per heavy atom. The van der Waals surface area contributed by atoms with Crippen LogP contribution in [-0.2, 0) is 5.41 Å². The maximum atomic E-state index is 6.50. The molecule has 1 heterocycles. The molecule has 3 aliphatic rings. The van der Waals surface area contributed by atoms with Crippen LogP contribution in [0.1, 0.15) is 22.3 Å². The zero-order chi connectivity index (χ0) is 18.0. The van der Waals surface area contributed by atoms with E-state index in [2.05, 4.69) is 98.0 Å². The first-order valence-corrected chi connectivity index (χ1v) is 9.62. The SMILES string of the molecule is Cc1ccc2c(c1)OC1C=CC=CC1C21c2ccccc2-c2ccccc21. The summed E-state index contributed by atoms with van der Waals surface area (Å²) >= 11 is 0. The van der Waals surface area contributed by atoms with Gasteiger partial charge < -0.3 is 4.74 Å². The van der Waals surface area contributed by atoms with E-state index in [4.69, 9.17) is 4.74 Å². The second kappa shape index (κ2) is 5.23. The fourth-order valence-corrected chi connectivity index (χ4v) is 5.39. The van der Waals surface area contributed by atoms with E-state index in [1.54, 1.807) is 0 Å². The second-order valence-corrected chi connectivity index (χ2v) is 7.78.